The lowest BCUT2D eigenvalue weighted by molar-refractivity contribution is -0.137. The van der Waals surface area contributed by atoms with E-state index in [0.29, 0.717) is 11.3 Å². The fourth-order valence-corrected chi connectivity index (χ4v) is 2.91. The van der Waals surface area contributed by atoms with E-state index in [9.17, 15) is 18.0 Å². The van der Waals surface area contributed by atoms with Crippen molar-refractivity contribution in [3.05, 3.63) is 70.1 Å². The van der Waals surface area contributed by atoms with Crippen molar-refractivity contribution >= 4 is 23.5 Å². The number of carbonyl (C=O) groups is 1. The molecule has 0 aliphatic heterocycles. The summed E-state index contributed by atoms with van der Waals surface area (Å²) < 4.78 is 43.8. The van der Waals surface area contributed by atoms with Gasteiger partial charge in [-0.05, 0) is 35.7 Å². The lowest BCUT2D eigenvalue weighted by Crippen LogP contribution is -2.19. The summed E-state index contributed by atoms with van der Waals surface area (Å²) in [6.45, 7) is 0. The number of nitrogens with zero attached hydrogens (tertiary/aromatic N) is 1. The molecule has 0 aliphatic carbocycles. The zero-order valence-corrected chi connectivity index (χ0v) is 14.1. The number of alkyl halides is 3. The summed E-state index contributed by atoms with van der Waals surface area (Å²) in [4.78, 5) is 12.6. The average Bonchev–Trinajstić information content (AvgIpc) is 3.26. The Morgan fingerprint density at radius 3 is 2.77 bits per heavy atom. The summed E-state index contributed by atoms with van der Waals surface area (Å²) in [5.74, 6) is 0.324. The van der Waals surface area contributed by atoms with E-state index in [-0.39, 0.29) is 18.1 Å². The molecule has 0 saturated heterocycles. The number of amides is 1. The summed E-state index contributed by atoms with van der Waals surface area (Å²) >= 11 is 1.47. The number of rotatable bonds is 5. The maximum absolute atomic E-state index is 12.8. The van der Waals surface area contributed by atoms with Crippen molar-refractivity contribution in [2.45, 2.75) is 12.6 Å². The number of nitrogens with one attached hydrogen (secondary N) is 1. The monoisotopic (exact) mass is 378 g/mol. The number of hydrazone groups is 1. The topological polar surface area (TPSA) is 54.6 Å². The first-order valence-electron chi connectivity index (χ1n) is 7.53. The van der Waals surface area contributed by atoms with Gasteiger partial charge in [-0.3, -0.25) is 4.79 Å². The van der Waals surface area contributed by atoms with Gasteiger partial charge >= 0.3 is 6.18 Å². The highest BCUT2D eigenvalue weighted by molar-refractivity contribution is 7.10. The van der Waals surface area contributed by atoms with Crippen LogP contribution in [0.15, 0.2) is 63.4 Å². The van der Waals surface area contributed by atoms with Crippen LogP contribution in [0.5, 0.6) is 0 Å². The van der Waals surface area contributed by atoms with E-state index < -0.39 is 11.7 Å². The highest BCUT2D eigenvalue weighted by Gasteiger charge is 2.30. The van der Waals surface area contributed by atoms with Crippen LogP contribution < -0.4 is 5.43 Å². The van der Waals surface area contributed by atoms with Crippen LogP contribution in [0, 0.1) is 0 Å². The predicted octanol–water partition coefficient (Wildman–Crippen LogP) is 4.72. The minimum absolute atomic E-state index is 0.225. The van der Waals surface area contributed by atoms with E-state index in [1.807, 2.05) is 17.5 Å². The van der Waals surface area contributed by atoms with E-state index in [0.717, 1.165) is 17.0 Å². The molecule has 0 atom stereocenters. The number of carbonyl (C=O) groups excluding carboxylic acids is 1. The highest BCUT2D eigenvalue weighted by Crippen LogP contribution is 2.32. The number of hydrogen-bond acceptors (Lipinski definition) is 4. The predicted molar refractivity (Wildman–Crippen MR) is 92.9 cm³/mol. The van der Waals surface area contributed by atoms with Crippen molar-refractivity contribution < 1.29 is 22.4 Å². The number of hydrogen-bond donors (Lipinski definition) is 1. The lowest BCUT2D eigenvalue weighted by Gasteiger charge is -2.07. The summed E-state index contributed by atoms with van der Waals surface area (Å²) in [5.41, 5.74) is 1.93. The number of furan rings is 1. The second kappa shape index (κ2) is 7.57. The third kappa shape index (κ3) is 4.60. The van der Waals surface area contributed by atoms with E-state index in [4.69, 9.17) is 4.42 Å². The SMILES string of the molecule is O=C(Cc1cccs1)NN=Cc1ccc(-c2cccc(C(F)(F)F)c2)o1. The molecule has 0 aliphatic rings. The molecule has 1 aromatic carbocycles. The van der Waals surface area contributed by atoms with Crippen molar-refractivity contribution in [1.82, 2.24) is 5.43 Å². The average molecular weight is 378 g/mol. The highest BCUT2D eigenvalue weighted by atomic mass is 32.1. The molecule has 2 aromatic heterocycles. The van der Waals surface area contributed by atoms with Gasteiger partial charge in [0.05, 0.1) is 18.2 Å². The molecule has 4 nitrogen and oxygen atoms in total. The number of halogens is 3. The Kier molecular flexibility index (Phi) is 5.22. The number of thiophene rings is 1. The first kappa shape index (κ1) is 17.9. The van der Waals surface area contributed by atoms with Gasteiger partial charge in [0, 0.05) is 10.4 Å². The van der Waals surface area contributed by atoms with E-state index >= 15 is 0 Å². The van der Waals surface area contributed by atoms with Crippen LogP contribution in [0.1, 0.15) is 16.2 Å². The Labute approximate surface area is 151 Å². The van der Waals surface area contributed by atoms with Gasteiger partial charge in [-0.15, -0.1) is 11.3 Å². The van der Waals surface area contributed by atoms with Crippen LogP contribution in [0.4, 0.5) is 13.2 Å². The Bertz CT molecular complexity index is 915. The van der Waals surface area contributed by atoms with Crippen molar-refractivity contribution in [1.29, 1.82) is 0 Å². The fourth-order valence-electron chi connectivity index (χ4n) is 2.20. The standard InChI is InChI=1S/C18H13F3N2O2S/c19-18(20,21)13-4-1-3-12(9-13)16-7-6-14(25-16)11-22-23-17(24)10-15-5-2-8-26-15/h1-9,11H,10H2,(H,23,24). The van der Waals surface area contributed by atoms with Crippen LogP contribution in [0.3, 0.4) is 0 Å². The van der Waals surface area contributed by atoms with Gasteiger partial charge in [0.2, 0.25) is 5.91 Å². The van der Waals surface area contributed by atoms with Gasteiger partial charge < -0.3 is 4.42 Å². The quantitative estimate of drug-likeness (QED) is 0.516. The van der Waals surface area contributed by atoms with Gasteiger partial charge in [-0.2, -0.15) is 18.3 Å². The van der Waals surface area contributed by atoms with Crippen LogP contribution >= 0.6 is 11.3 Å². The van der Waals surface area contributed by atoms with Crippen LogP contribution in [-0.4, -0.2) is 12.1 Å². The minimum Gasteiger partial charge on any atom is -0.455 e. The summed E-state index contributed by atoms with van der Waals surface area (Å²) in [6, 6.07) is 11.7. The van der Waals surface area contributed by atoms with Gasteiger partial charge in [0.1, 0.15) is 11.5 Å². The molecule has 0 unspecified atom stereocenters. The molecule has 0 radical (unpaired) electrons. The molecule has 0 saturated carbocycles. The van der Waals surface area contributed by atoms with Crippen molar-refractivity contribution in [2.75, 3.05) is 0 Å². The third-order valence-electron chi connectivity index (χ3n) is 3.40. The van der Waals surface area contributed by atoms with Crippen LogP contribution in [-0.2, 0) is 17.4 Å². The van der Waals surface area contributed by atoms with Crippen molar-refractivity contribution in [3.8, 4) is 11.3 Å². The Balaban J connectivity index is 1.64. The molecule has 134 valence electrons. The maximum atomic E-state index is 12.8. The fraction of sp³-hybridized carbons (Fsp3) is 0.111. The lowest BCUT2D eigenvalue weighted by atomic mass is 10.1. The smallest absolute Gasteiger partial charge is 0.416 e. The molecular formula is C18H13F3N2O2S. The van der Waals surface area contributed by atoms with E-state index in [2.05, 4.69) is 10.5 Å². The van der Waals surface area contributed by atoms with Crippen LogP contribution in [0.25, 0.3) is 11.3 Å². The first-order valence-corrected chi connectivity index (χ1v) is 8.41. The van der Waals surface area contributed by atoms with Crippen LogP contribution in [0.2, 0.25) is 0 Å². The van der Waals surface area contributed by atoms with Gasteiger partial charge in [0.15, 0.2) is 0 Å². The molecule has 8 heteroatoms. The van der Waals surface area contributed by atoms with Crippen molar-refractivity contribution in [2.24, 2.45) is 5.10 Å². The summed E-state index contributed by atoms with van der Waals surface area (Å²) in [6.07, 6.45) is -2.90. The number of benzene rings is 1. The molecule has 26 heavy (non-hydrogen) atoms. The first-order chi connectivity index (χ1) is 12.4. The van der Waals surface area contributed by atoms with Crippen molar-refractivity contribution in [3.63, 3.8) is 0 Å². The van der Waals surface area contributed by atoms with Gasteiger partial charge in [-0.1, -0.05) is 18.2 Å². The molecule has 0 spiro atoms. The molecule has 3 aromatic rings. The van der Waals surface area contributed by atoms with E-state index in [1.54, 1.807) is 12.1 Å². The maximum Gasteiger partial charge on any atom is 0.416 e. The second-order valence-corrected chi connectivity index (χ2v) is 6.36. The minimum atomic E-state index is -4.42. The largest absolute Gasteiger partial charge is 0.455 e. The molecular weight excluding hydrogens is 365 g/mol. The Morgan fingerprint density at radius 1 is 1.19 bits per heavy atom. The third-order valence-corrected chi connectivity index (χ3v) is 4.27. The Morgan fingerprint density at radius 2 is 2.04 bits per heavy atom. The summed E-state index contributed by atoms with van der Waals surface area (Å²) in [5, 5.41) is 5.67. The Hall–Kier alpha value is -2.87. The molecule has 1 N–H and O–H groups in total. The zero-order valence-electron chi connectivity index (χ0n) is 13.3. The second-order valence-electron chi connectivity index (χ2n) is 5.33. The molecule has 2 heterocycles. The van der Waals surface area contributed by atoms with Gasteiger partial charge in [0.25, 0.3) is 0 Å². The van der Waals surface area contributed by atoms with Gasteiger partial charge in [-0.25, -0.2) is 5.43 Å². The molecule has 3 rings (SSSR count). The molecule has 1 amide bonds. The summed E-state index contributed by atoms with van der Waals surface area (Å²) in [7, 11) is 0. The normalized spacial score (nSPS) is 11.8. The molecule has 0 fully saturated rings. The molecule has 0 bridgehead atoms. The van der Waals surface area contributed by atoms with E-state index in [1.165, 1.54) is 29.7 Å². The zero-order chi connectivity index (χ0) is 18.6.